The molecular weight excluding hydrogens is 424 g/mol. The van der Waals surface area contributed by atoms with E-state index in [1.54, 1.807) is 12.1 Å². The number of hydrogen-bond acceptors (Lipinski definition) is 8. The van der Waals surface area contributed by atoms with E-state index in [0.717, 1.165) is 16.7 Å². The summed E-state index contributed by atoms with van der Waals surface area (Å²) in [5.74, 6) is -0.663. The van der Waals surface area contributed by atoms with E-state index in [2.05, 4.69) is 16.0 Å². The van der Waals surface area contributed by atoms with Crippen LogP contribution in [0.2, 0.25) is 0 Å². The third kappa shape index (κ3) is 4.15. The lowest BCUT2D eigenvalue weighted by Gasteiger charge is -2.34. The zero-order valence-corrected chi connectivity index (χ0v) is 18.6. The fraction of sp³-hybridized carbons (Fsp3) is 0.417. The molecule has 0 saturated carbocycles. The monoisotopic (exact) mass is 450 g/mol. The summed E-state index contributed by atoms with van der Waals surface area (Å²) in [6.07, 6.45) is 2.00. The molecule has 1 aromatic heterocycles. The number of carbonyl (C=O) groups is 2. The van der Waals surface area contributed by atoms with Crippen LogP contribution in [0, 0.1) is 18.3 Å². The normalized spacial score (nSPS) is 17.2. The van der Waals surface area contributed by atoms with Crippen molar-refractivity contribution in [2.75, 3.05) is 26.7 Å². The number of nitrogens with zero attached hydrogens (tertiary/aromatic N) is 3. The van der Waals surface area contributed by atoms with Gasteiger partial charge in [-0.2, -0.15) is 5.26 Å². The van der Waals surface area contributed by atoms with Gasteiger partial charge in [-0.1, -0.05) is 6.07 Å². The molecule has 1 amide bonds. The summed E-state index contributed by atoms with van der Waals surface area (Å²) in [7, 11) is 1.47. The van der Waals surface area contributed by atoms with E-state index in [4.69, 9.17) is 15.2 Å². The van der Waals surface area contributed by atoms with E-state index in [1.807, 2.05) is 6.92 Å². The van der Waals surface area contributed by atoms with Crippen LogP contribution in [0.3, 0.4) is 0 Å². The Morgan fingerprint density at radius 2 is 2.15 bits per heavy atom. The molecule has 9 nitrogen and oxygen atoms in total. The van der Waals surface area contributed by atoms with Gasteiger partial charge in [-0.3, -0.25) is 4.79 Å². The van der Waals surface area contributed by atoms with Crippen LogP contribution in [0.5, 0.6) is 5.75 Å². The minimum absolute atomic E-state index is 0.0402. The van der Waals surface area contributed by atoms with Crippen molar-refractivity contribution in [3.05, 3.63) is 57.4 Å². The first kappa shape index (κ1) is 22.7. The smallest absolute Gasteiger partial charge is 0.338 e. The van der Waals surface area contributed by atoms with Crippen molar-refractivity contribution < 1.29 is 24.2 Å². The molecule has 0 bridgehead atoms. The molecule has 3 N–H and O–H groups in total. The molecule has 33 heavy (non-hydrogen) atoms. The van der Waals surface area contributed by atoms with E-state index in [1.165, 1.54) is 13.3 Å². The van der Waals surface area contributed by atoms with Crippen molar-refractivity contribution in [1.82, 2.24) is 9.88 Å². The van der Waals surface area contributed by atoms with Gasteiger partial charge in [-0.15, -0.1) is 0 Å². The van der Waals surface area contributed by atoms with Crippen molar-refractivity contribution in [1.29, 1.82) is 5.26 Å². The van der Waals surface area contributed by atoms with Crippen LogP contribution in [0.15, 0.2) is 18.3 Å². The largest absolute Gasteiger partial charge is 0.495 e. The second-order valence-electron chi connectivity index (χ2n) is 8.42. The van der Waals surface area contributed by atoms with Gasteiger partial charge in [-0.05, 0) is 56.0 Å². The molecule has 2 aromatic rings. The zero-order chi connectivity index (χ0) is 23.7. The van der Waals surface area contributed by atoms with Gasteiger partial charge in [0, 0.05) is 23.9 Å². The van der Waals surface area contributed by atoms with E-state index in [-0.39, 0.29) is 29.8 Å². The number of cyclic esters (lactones) is 1. The first-order chi connectivity index (χ1) is 15.8. The van der Waals surface area contributed by atoms with Crippen LogP contribution in [-0.4, -0.2) is 53.6 Å². The maximum absolute atomic E-state index is 12.0. The fourth-order valence-electron chi connectivity index (χ4n) is 4.86. The molecule has 1 aromatic carbocycles. The number of pyridine rings is 1. The lowest BCUT2D eigenvalue weighted by Crippen LogP contribution is -2.36. The summed E-state index contributed by atoms with van der Waals surface area (Å²) in [5.41, 5.74) is 9.61. The maximum atomic E-state index is 12.0. The molecule has 1 saturated heterocycles. The lowest BCUT2D eigenvalue weighted by molar-refractivity contribution is 0.0534. The number of aliphatic hydroxyl groups excluding tert-OH is 1. The highest BCUT2D eigenvalue weighted by Crippen LogP contribution is 2.38. The molecule has 1 atom stereocenters. The Morgan fingerprint density at radius 1 is 1.42 bits per heavy atom. The molecule has 9 heteroatoms. The molecule has 4 rings (SSSR count). The van der Waals surface area contributed by atoms with Crippen LogP contribution >= 0.6 is 0 Å². The first-order valence-electron chi connectivity index (χ1n) is 10.8. The standard InChI is InChI=1S/C24H26N4O5/c1-13-16(3-4-17-18(13)12-33-24(17)31)19(29)11-28-7-5-14(6-8-28)20-21(23(26)30)27-10-15(9-25)22(20)32-2/h3-4,10,14,19,29H,5-8,11-12H2,1-2H3,(H2,26,30). The summed E-state index contributed by atoms with van der Waals surface area (Å²) in [6, 6.07) is 5.57. The number of carbonyl (C=O) groups excluding carboxylic acids is 2. The van der Waals surface area contributed by atoms with Gasteiger partial charge in [0.05, 0.1) is 18.8 Å². The summed E-state index contributed by atoms with van der Waals surface area (Å²) in [5, 5.41) is 20.3. The first-order valence-corrected chi connectivity index (χ1v) is 10.8. The average molecular weight is 450 g/mol. The maximum Gasteiger partial charge on any atom is 0.338 e. The molecule has 172 valence electrons. The average Bonchev–Trinajstić information content (AvgIpc) is 3.20. The Morgan fingerprint density at radius 3 is 2.79 bits per heavy atom. The van der Waals surface area contributed by atoms with Crippen LogP contribution in [0.4, 0.5) is 0 Å². The number of rotatable bonds is 6. The Hall–Kier alpha value is -3.48. The van der Waals surface area contributed by atoms with Gasteiger partial charge in [-0.25, -0.2) is 9.78 Å². The number of piperidine rings is 1. The highest BCUT2D eigenvalue weighted by Gasteiger charge is 2.31. The van der Waals surface area contributed by atoms with E-state index < -0.39 is 12.0 Å². The number of nitrogens with two attached hydrogens (primary N) is 1. The predicted molar refractivity (Wildman–Crippen MR) is 118 cm³/mol. The predicted octanol–water partition coefficient (Wildman–Crippen LogP) is 1.95. The number of aromatic nitrogens is 1. The number of likely N-dealkylation sites (tertiary alicyclic amines) is 1. The van der Waals surface area contributed by atoms with Gasteiger partial charge < -0.3 is 25.2 Å². The third-order valence-corrected chi connectivity index (χ3v) is 6.62. The molecule has 3 heterocycles. The zero-order valence-electron chi connectivity index (χ0n) is 18.6. The number of ether oxygens (including phenoxy) is 2. The molecule has 2 aliphatic heterocycles. The second kappa shape index (κ2) is 9.17. The number of esters is 1. The fourth-order valence-corrected chi connectivity index (χ4v) is 4.86. The van der Waals surface area contributed by atoms with Gasteiger partial charge in [0.2, 0.25) is 0 Å². The number of fused-ring (bicyclic) bond motifs is 1. The highest BCUT2D eigenvalue weighted by atomic mass is 16.5. The van der Waals surface area contributed by atoms with Gasteiger partial charge >= 0.3 is 5.97 Å². The summed E-state index contributed by atoms with van der Waals surface area (Å²) >= 11 is 0. The number of β-amino-alcohol motifs (C(OH)–C–C–N with tert-alkyl or cyclic N) is 1. The Kier molecular flexibility index (Phi) is 6.31. The van der Waals surface area contributed by atoms with Crippen LogP contribution in [0.1, 0.15) is 73.5 Å². The molecule has 1 fully saturated rings. The summed E-state index contributed by atoms with van der Waals surface area (Å²) in [6.45, 7) is 3.96. The molecule has 2 aliphatic rings. The van der Waals surface area contributed by atoms with Crippen LogP contribution < -0.4 is 10.5 Å². The number of methoxy groups -OCH3 is 1. The number of nitriles is 1. The van der Waals surface area contributed by atoms with Gasteiger partial charge in [0.15, 0.2) is 0 Å². The number of primary amides is 1. The number of hydrogen-bond donors (Lipinski definition) is 2. The van der Waals surface area contributed by atoms with Crippen molar-refractivity contribution >= 4 is 11.9 Å². The van der Waals surface area contributed by atoms with Crippen molar-refractivity contribution in [3.8, 4) is 11.8 Å². The molecule has 0 aliphatic carbocycles. The lowest BCUT2D eigenvalue weighted by atomic mass is 9.86. The minimum atomic E-state index is -0.707. The Balaban J connectivity index is 1.48. The molecular formula is C24H26N4O5. The Bertz CT molecular complexity index is 1150. The van der Waals surface area contributed by atoms with E-state index in [9.17, 15) is 20.0 Å². The topological polar surface area (TPSA) is 139 Å². The summed E-state index contributed by atoms with van der Waals surface area (Å²) < 4.78 is 10.6. The van der Waals surface area contributed by atoms with E-state index >= 15 is 0 Å². The number of benzene rings is 1. The second-order valence-corrected chi connectivity index (χ2v) is 8.42. The van der Waals surface area contributed by atoms with Crippen molar-refractivity contribution in [2.45, 2.75) is 38.4 Å². The third-order valence-electron chi connectivity index (χ3n) is 6.62. The SMILES string of the molecule is COc1c(C#N)cnc(C(N)=O)c1C1CCN(CC(O)c2ccc3c(c2C)COC3=O)CC1. The van der Waals surface area contributed by atoms with Gasteiger partial charge in [0.25, 0.3) is 5.91 Å². The minimum Gasteiger partial charge on any atom is -0.495 e. The van der Waals surface area contributed by atoms with Crippen LogP contribution in [0.25, 0.3) is 0 Å². The molecule has 1 unspecified atom stereocenters. The Labute approximate surface area is 191 Å². The number of aliphatic hydroxyl groups is 1. The van der Waals surface area contributed by atoms with Crippen LogP contribution in [-0.2, 0) is 11.3 Å². The summed E-state index contributed by atoms with van der Waals surface area (Å²) in [4.78, 5) is 30.0. The van der Waals surface area contributed by atoms with Crippen molar-refractivity contribution in [2.24, 2.45) is 5.73 Å². The molecule has 0 radical (unpaired) electrons. The quantitative estimate of drug-likeness (QED) is 0.637. The molecule has 0 spiro atoms. The van der Waals surface area contributed by atoms with Gasteiger partial charge in [0.1, 0.15) is 29.7 Å². The van der Waals surface area contributed by atoms with Crippen molar-refractivity contribution in [3.63, 3.8) is 0 Å². The highest BCUT2D eigenvalue weighted by molar-refractivity contribution is 5.94. The van der Waals surface area contributed by atoms with E-state index in [0.29, 0.717) is 49.4 Å². The number of amides is 1.